The van der Waals surface area contributed by atoms with Crippen molar-refractivity contribution >= 4 is 5.97 Å². The highest BCUT2D eigenvalue weighted by Gasteiger charge is 2.24. The van der Waals surface area contributed by atoms with E-state index in [0.29, 0.717) is 0 Å². The van der Waals surface area contributed by atoms with Crippen molar-refractivity contribution in [2.45, 2.75) is 45.4 Å². The number of aryl methyl sites for hydroxylation is 1. The van der Waals surface area contributed by atoms with Crippen LogP contribution in [0.25, 0.3) is 0 Å². The van der Waals surface area contributed by atoms with Crippen molar-refractivity contribution in [1.82, 2.24) is 0 Å². The van der Waals surface area contributed by atoms with Crippen LogP contribution in [-0.2, 0) is 11.8 Å². The topological polar surface area (TPSA) is 41.2 Å². The third kappa shape index (κ3) is 3.55. The molecule has 0 aromatic carbocycles. The second-order valence-corrected chi connectivity index (χ2v) is 4.55. The summed E-state index contributed by atoms with van der Waals surface area (Å²) >= 11 is 0. The van der Waals surface area contributed by atoms with Crippen LogP contribution in [0.4, 0.5) is 0 Å². The summed E-state index contributed by atoms with van der Waals surface area (Å²) in [5.74, 6) is -1.08. The number of hydrogen-bond donors (Lipinski definition) is 1. The molecule has 0 fully saturated rings. The predicted molar refractivity (Wildman–Crippen MR) is 66.9 cm³/mol. The highest BCUT2D eigenvalue weighted by molar-refractivity contribution is 5.76. The molecule has 3 nitrogen and oxygen atoms in total. The molecule has 1 heterocycles. The van der Waals surface area contributed by atoms with Gasteiger partial charge in [-0.3, -0.25) is 4.79 Å². The molecule has 1 aromatic heterocycles. The van der Waals surface area contributed by atoms with Crippen molar-refractivity contribution in [2.75, 3.05) is 0 Å². The van der Waals surface area contributed by atoms with E-state index in [1.807, 2.05) is 36.9 Å². The summed E-state index contributed by atoms with van der Waals surface area (Å²) in [6.07, 6.45) is 5.87. The fourth-order valence-electron chi connectivity index (χ4n) is 2.09. The Kier molecular flexibility index (Phi) is 5.13. The third-order valence-corrected chi connectivity index (χ3v) is 3.30. The van der Waals surface area contributed by atoms with Crippen molar-refractivity contribution in [3.8, 4) is 0 Å². The zero-order chi connectivity index (χ0) is 12.8. The van der Waals surface area contributed by atoms with Gasteiger partial charge >= 0.3 is 5.97 Å². The van der Waals surface area contributed by atoms with Gasteiger partial charge in [0.25, 0.3) is 0 Å². The fraction of sp³-hybridized carbons (Fsp3) is 0.571. The Bertz CT molecular complexity index is 388. The Morgan fingerprint density at radius 1 is 1.47 bits per heavy atom. The lowest BCUT2D eigenvalue weighted by atomic mass is 9.92. The zero-order valence-corrected chi connectivity index (χ0v) is 10.9. The molecule has 0 aliphatic rings. The highest BCUT2D eigenvalue weighted by atomic mass is 16.4. The lowest BCUT2D eigenvalue weighted by Crippen LogP contribution is -2.33. The molecule has 0 aliphatic heterocycles. The zero-order valence-electron chi connectivity index (χ0n) is 10.9. The summed E-state index contributed by atoms with van der Waals surface area (Å²) in [6.45, 7) is 4.11. The van der Waals surface area contributed by atoms with Crippen molar-refractivity contribution in [2.24, 2.45) is 7.05 Å². The molecule has 0 amide bonds. The molecule has 1 aromatic rings. The number of aromatic nitrogens is 1. The minimum atomic E-state index is -0.713. The normalized spacial score (nSPS) is 12.4. The van der Waals surface area contributed by atoms with Crippen molar-refractivity contribution in [3.63, 3.8) is 0 Å². The van der Waals surface area contributed by atoms with E-state index in [1.54, 1.807) is 0 Å². The first-order valence-corrected chi connectivity index (χ1v) is 6.25. The molecule has 94 valence electrons. The van der Waals surface area contributed by atoms with E-state index < -0.39 is 5.97 Å². The molecule has 0 saturated carbocycles. The second kappa shape index (κ2) is 6.38. The number of carboxylic acids is 1. The number of nitrogens with zero attached hydrogens (tertiary/aromatic N) is 1. The monoisotopic (exact) mass is 236 g/mol. The van der Waals surface area contributed by atoms with Crippen LogP contribution < -0.4 is 4.57 Å². The van der Waals surface area contributed by atoms with Gasteiger partial charge in [0, 0.05) is 18.6 Å². The molecule has 0 radical (unpaired) electrons. The number of carboxylic acid groups (broad SMARTS) is 1. The van der Waals surface area contributed by atoms with Gasteiger partial charge in [0.2, 0.25) is 0 Å². The first-order chi connectivity index (χ1) is 8.07. The lowest BCUT2D eigenvalue weighted by molar-refractivity contribution is -0.678. The summed E-state index contributed by atoms with van der Waals surface area (Å²) in [5, 5.41) is 9.33. The molecule has 0 bridgehead atoms. The maximum absolute atomic E-state index is 11.3. The number of unbranched alkanes of at least 4 members (excludes halogenated alkanes) is 2. The molecule has 3 heteroatoms. The maximum Gasteiger partial charge on any atom is 0.311 e. The van der Waals surface area contributed by atoms with Gasteiger partial charge in [-0.1, -0.05) is 26.2 Å². The summed E-state index contributed by atoms with van der Waals surface area (Å²) < 4.78 is 1.98. The highest BCUT2D eigenvalue weighted by Crippen LogP contribution is 2.24. The third-order valence-electron chi connectivity index (χ3n) is 3.30. The largest absolute Gasteiger partial charge is 0.481 e. The molecule has 0 saturated heterocycles. The Labute approximate surface area is 103 Å². The van der Waals surface area contributed by atoms with Crippen LogP contribution >= 0.6 is 0 Å². The van der Waals surface area contributed by atoms with Gasteiger partial charge in [0.15, 0.2) is 11.9 Å². The van der Waals surface area contributed by atoms with Crippen LogP contribution in [0.5, 0.6) is 0 Å². The summed E-state index contributed by atoms with van der Waals surface area (Å²) in [6, 6.07) is 3.85. The molecule has 0 spiro atoms. The Morgan fingerprint density at radius 3 is 2.76 bits per heavy atom. The van der Waals surface area contributed by atoms with Crippen LogP contribution in [-0.4, -0.2) is 11.1 Å². The van der Waals surface area contributed by atoms with Gasteiger partial charge in [-0.15, -0.1) is 0 Å². The standard InChI is InChI=1S/C14H21NO2/c1-4-5-6-8-13(14(16)17)12-9-7-10-15(3)11(12)2/h7,9-10,13H,4-6,8H2,1-3H3/p+1. The number of carbonyl (C=O) groups is 1. The molecule has 17 heavy (non-hydrogen) atoms. The van der Waals surface area contributed by atoms with Crippen LogP contribution in [0.1, 0.15) is 49.8 Å². The molecular weight excluding hydrogens is 214 g/mol. The van der Waals surface area contributed by atoms with Gasteiger partial charge in [-0.2, -0.15) is 0 Å². The Morgan fingerprint density at radius 2 is 2.18 bits per heavy atom. The molecule has 1 N–H and O–H groups in total. The van der Waals surface area contributed by atoms with Crippen LogP contribution in [0.2, 0.25) is 0 Å². The SMILES string of the molecule is CCCCCC(C(=O)O)c1ccc[n+](C)c1C. The van der Waals surface area contributed by atoms with Gasteiger partial charge in [-0.05, 0) is 12.5 Å². The second-order valence-electron chi connectivity index (χ2n) is 4.55. The number of aliphatic carboxylic acids is 1. The van der Waals surface area contributed by atoms with E-state index in [1.165, 1.54) is 0 Å². The minimum Gasteiger partial charge on any atom is -0.481 e. The van der Waals surface area contributed by atoms with Gasteiger partial charge < -0.3 is 5.11 Å². The molecule has 1 atom stereocenters. The number of hydrogen-bond acceptors (Lipinski definition) is 1. The lowest BCUT2D eigenvalue weighted by Gasteiger charge is -2.13. The minimum absolute atomic E-state index is 0.367. The van der Waals surface area contributed by atoms with E-state index >= 15 is 0 Å². The van der Waals surface area contributed by atoms with Gasteiger partial charge in [0.1, 0.15) is 7.05 Å². The maximum atomic E-state index is 11.3. The summed E-state index contributed by atoms with van der Waals surface area (Å²) in [4.78, 5) is 11.3. The average molecular weight is 236 g/mol. The van der Waals surface area contributed by atoms with Crippen LogP contribution in [0.15, 0.2) is 18.3 Å². The van der Waals surface area contributed by atoms with E-state index in [0.717, 1.165) is 36.9 Å². The Balaban J connectivity index is 2.90. The quantitative estimate of drug-likeness (QED) is 0.609. The van der Waals surface area contributed by atoms with E-state index in [-0.39, 0.29) is 5.92 Å². The van der Waals surface area contributed by atoms with E-state index in [2.05, 4.69) is 6.92 Å². The fourth-order valence-corrected chi connectivity index (χ4v) is 2.09. The first kappa shape index (κ1) is 13.7. The molecule has 1 rings (SSSR count). The molecule has 0 aliphatic carbocycles. The Hall–Kier alpha value is -1.38. The number of rotatable bonds is 6. The summed E-state index contributed by atoms with van der Waals surface area (Å²) in [5.41, 5.74) is 1.98. The summed E-state index contributed by atoms with van der Waals surface area (Å²) in [7, 11) is 1.95. The molecular formula is C14H22NO2+. The van der Waals surface area contributed by atoms with Crippen LogP contribution in [0, 0.1) is 6.92 Å². The van der Waals surface area contributed by atoms with Crippen LogP contribution in [0.3, 0.4) is 0 Å². The average Bonchev–Trinajstić information content (AvgIpc) is 2.29. The molecule has 1 unspecified atom stereocenters. The van der Waals surface area contributed by atoms with Crippen molar-refractivity contribution in [1.29, 1.82) is 0 Å². The van der Waals surface area contributed by atoms with E-state index in [9.17, 15) is 9.90 Å². The van der Waals surface area contributed by atoms with Crippen molar-refractivity contribution < 1.29 is 14.5 Å². The van der Waals surface area contributed by atoms with Gasteiger partial charge in [-0.25, -0.2) is 4.57 Å². The smallest absolute Gasteiger partial charge is 0.311 e. The first-order valence-electron chi connectivity index (χ1n) is 6.25. The van der Waals surface area contributed by atoms with E-state index in [4.69, 9.17) is 0 Å². The predicted octanol–water partition coefficient (Wildman–Crippen LogP) is 2.57. The van der Waals surface area contributed by atoms with Gasteiger partial charge in [0.05, 0.1) is 5.92 Å². The number of pyridine rings is 1. The van der Waals surface area contributed by atoms with Crippen molar-refractivity contribution in [3.05, 3.63) is 29.6 Å².